The van der Waals surface area contributed by atoms with Gasteiger partial charge < -0.3 is 10.1 Å². The van der Waals surface area contributed by atoms with Crippen LogP contribution in [0.25, 0.3) is 0 Å². The highest BCUT2D eigenvalue weighted by Gasteiger charge is 2.24. The maximum absolute atomic E-state index is 11.0. The Kier molecular flexibility index (Phi) is 4.24. The third kappa shape index (κ3) is 3.16. The Morgan fingerprint density at radius 3 is 2.84 bits per heavy atom. The summed E-state index contributed by atoms with van der Waals surface area (Å²) in [6.07, 6.45) is 4.74. The molecule has 0 saturated heterocycles. The summed E-state index contributed by atoms with van der Waals surface area (Å²) in [5.74, 6) is 1.08. The van der Waals surface area contributed by atoms with Crippen LogP contribution in [0.15, 0.2) is 18.2 Å². The first-order valence-electron chi connectivity index (χ1n) is 6.73. The molecule has 0 radical (unpaired) electrons. The lowest BCUT2D eigenvalue weighted by atomic mass is 10.1. The van der Waals surface area contributed by atoms with Gasteiger partial charge in [0.1, 0.15) is 0 Å². The molecule has 19 heavy (non-hydrogen) atoms. The van der Waals surface area contributed by atoms with E-state index in [1.165, 1.54) is 20.0 Å². The fourth-order valence-electron chi connectivity index (χ4n) is 2.73. The zero-order valence-electron chi connectivity index (χ0n) is 11.4. The van der Waals surface area contributed by atoms with Crippen molar-refractivity contribution >= 4 is 11.4 Å². The summed E-state index contributed by atoms with van der Waals surface area (Å²) >= 11 is 0. The van der Waals surface area contributed by atoms with Crippen LogP contribution in [0.3, 0.4) is 0 Å². The van der Waals surface area contributed by atoms with Gasteiger partial charge in [-0.05, 0) is 37.3 Å². The van der Waals surface area contributed by atoms with Gasteiger partial charge >= 0.3 is 5.69 Å². The van der Waals surface area contributed by atoms with Crippen molar-refractivity contribution in [3.63, 3.8) is 0 Å². The molecule has 0 amide bonds. The molecule has 0 bridgehead atoms. The molecule has 0 heterocycles. The van der Waals surface area contributed by atoms with Crippen molar-refractivity contribution in [1.82, 2.24) is 0 Å². The number of methoxy groups -OCH3 is 1. The first-order chi connectivity index (χ1) is 9.13. The molecule has 0 aliphatic heterocycles. The standard InChI is InChI=1S/C14H20N2O3/c1-3-10-4-5-11(8-10)15-12-6-7-14(19-2)13(9-12)16(17)18/h6-7,9-11,15H,3-5,8H2,1-2H3. The van der Waals surface area contributed by atoms with Crippen molar-refractivity contribution in [3.8, 4) is 5.75 Å². The van der Waals surface area contributed by atoms with Gasteiger partial charge in [0.25, 0.3) is 0 Å². The summed E-state index contributed by atoms with van der Waals surface area (Å²) in [5, 5.41) is 14.4. The summed E-state index contributed by atoms with van der Waals surface area (Å²) in [6.45, 7) is 2.21. The summed E-state index contributed by atoms with van der Waals surface area (Å²) in [5.41, 5.74) is 0.812. The second-order valence-electron chi connectivity index (χ2n) is 5.07. The Balaban J connectivity index is 2.09. The second kappa shape index (κ2) is 5.91. The van der Waals surface area contributed by atoms with Crippen molar-refractivity contribution in [2.24, 2.45) is 5.92 Å². The molecule has 1 fully saturated rings. The van der Waals surface area contributed by atoms with E-state index >= 15 is 0 Å². The van der Waals surface area contributed by atoms with E-state index in [1.54, 1.807) is 12.1 Å². The fourth-order valence-corrected chi connectivity index (χ4v) is 2.73. The van der Waals surface area contributed by atoms with Crippen LogP contribution >= 0.6 is 0 Å². The molecule has 1 N–H and O–H groups in total. The molecule has 0 aromatic heterocycles. The number of anilines is 1. The van der Waals surface area contributed by atoms with Gasteiger partial charge in [-0.2, -0.15) is 0 Å². The van der Waals surface area contributed by atoms with Gasteiger partial charge in [-0.15, -0.1) is 0 Å². The number of benzene rings is 1. The lowest BCUT2D eigenvalue weighted by Crippen LogP contribution is -2.15. The van der Waals surface area contributed by atoms with Crippen LogP contribution < -0.4 is 10.1 Å². The van der Waals surface area contributed by atoms with Crippen LogP contribution in [0.4, 0.5) is 11.4 Å². The summed E-state index contributed by atoms with van der Waals surface area (Å²) in [6, 6.07) is 5.47. The molecule has 5 heteroatoms. The summed E-state index contributed by atoms with van der Waals surface area (Å²) in [4.78, 5) is 10.6. The number of hydrogen-bond donors (Lipinski definition) is 1. The summed E-state index contributed by atoms with van der Waals surface area (Å²) in [7, 11) is 1.44. The van der Waals surface area contributed by atoms with E-state index in [0.717, 1.165) is 24.4 Å². The third-order valence-corrected chi connectivity index (χ3v) is 3.86. The highest BCUT2D eigenvalue weighted by atomic mass is 16.6. The molecule has 2 rings (SSSR count). The molecule has 1 aliphatic rings. The molecule has 0 spiro atoms. The molecule has 104 valence electrons. The highest BCUT2D eigenvalue weighted by Crippen LogP contribution is 2.33. The molecule has 1 aromatic rings. The molecular formula is C14H20N2O3. The second-order valence-corrected chi connectivity index (χ2v) is 5.07. The Bertz CT molecular complexity index is 462. The van der Waals surface area contributed by atoms with Crippen LogP contribution in [0.5, 0.6) is 5.75 Å². The van der Waals surface area contributed by atoms with Crippen LogP contribution in [-0.2, 0) is 0 Å². The Morgan fingerprint density at radius 1 is 1.47 bits per heavy atom. The minimum absolute atomic E-state index is 0.0116. The number of hydrogen-bond acceptors (Lipinski definition) is 4. The number of rotatable bonds is 5. The zero-order valence-corrected chi connectivity index (χ0v) is 11.4. The predicted molar refractivity (Wildman–Crippen MR) is 74.7 cm³/mol. The first-order valence-corrected chi connectivity index (χ1v) is 6.73. The van der Waals surface area contributed by atoms with Gasteiger partial charge in [-0.3, -0.25) is 10.1 Å². The minimum atomic E-state index is -0.409. The Morgan fingerprint density at radius 2 is 2.26 bits per heavy atom. The van der Waals surface area contributed by atoms with E-state index in [9.17, 15) is 10.1 Å². The van der Waals surface area contributed by atoms with E-state index in [2.05, 4.69) is 12.2 Å². The van der Waals surface area contributed by atoms with Gasteiger partial charge in [0.2, 0.25) is 0 Å². The van der Waals surface area contributed by atoms with Gasteiger partial charge in [-0.1, -0.05) is 13.3 Å². The quantitative estimate of drug-likeness (QED) is 0.652. The van der Waals surface area contributed by atoms with Crippen LogP contribution in [-0.4, -0.2) is 18.1 Å². The molecule has 1 aliphatic carbocycles. The number of nitrogens with zero attached hydrogens (tertiary/aromatic N) is 1. The molecule has 1 saturated carbocycles. The van der Waals surface area contributed by atoms with Crippen molar-refractivity contribution in [1.29, 1.82) is 0 Å². The van der Waals surface area contributed by atoms with E-state index in [4.69, 9.17) is 4.74 Å². The molecule has 1 aromatic carbocycles. The van der Waals surface area contributed by atoms with Crippen molar-refractivity contribution in [3.05, 3.63) is 28.3 Å². The topological polar surface area (TPSA) is 64.4 Å². The smallest absolute Gasteiger partial charge is 0.312 e. The average Bonchev–Trinajstić information content (AvgIpc) is 2.86. The highest BCUT2D eigenvalue weighted by molar-refractivity contribution is 5.58. The zero-order chi connectivity index (χ0) is 13.8. The lowest BCUT2D eigenvalue weighted by Gasteiger charge is -2.14. The van der Waals surface area contributed by atoms with Crippen LogP contribution in [0.1, 0.15) is 32.6 Å². The maximum atomic E-state index is 11.0. The normalized spacial score (nSPS) is 22.2. The van der Waals surface area contributed by atoms with Crippen molar-refractivity contribution in [2.45, 2.75) is 38.6 Å². The number of nitrogens with one attached hydrogen (secondary N) is 1. The van der Waals surface area contributed by atoms with Gasteiger partial charge in [-0.25, -0.2) is 0 Å². The van der Waals surface area contributed by atoms with Crippen LogP contribution in [0.2, 0.25) is 0 Å². The maximum Gasteiger partial charge on any atom is 0.312 e. The van der Waals surface area contributed by atoms with Crippen LogP contribution in [0, 0.1) is 16.0 Å². The Hall–Kier alpha value is -1.78. The predicted octanol–water partition coefficient (Wildman–Crippen LogP) is 3.59. The SMILES string of the molecule is CCC1CCC(Nc2ccc(OC)c([N+](=O)[O-])c2)C1. The number of nitro groups is 1. The monoisotopic (exact) mass is 264 g/mol. The largest absolute Gasteiger partial charge is 0.490 e. The third-order valence-electron chi connectivity index (χ3n) is 3.86. The molecule has 5 nitrogen and oxygen atoms in total. The minimum Gasteiger partial charge on any atom is -0.490 e. The number of nitro benzene ring substituents is 1. The number of ether oxygens (including phenoxy) is 1. The lowest BCUT2D eigenvalue weighted by molar-refractivity contribution is -0.385. The van der Waals surface area contributed by atoms with E-state index in [-0.39, 0.29) is 5.69 Å². The first kappa shape index (κ1) is 13.6. The van der Waals surface area contributed by atoms with E-state index < -0.39 is 4.92 Å². The van der Waals surface area contributed by atoms with Gasteiger partial charge in [0, 0.05) is 17.8 Å². The Labute approximate surface area is 113 Å². The molecule has 2 unspecified atom stereocenters. The average molecular weight is 264 g/mol. The van der Waals surface area contributed by atoms with E-state index in [1.807, 2.05) is 6.07 Å². The summed E-state index contributed by atoms with van der Waals surface area (Å²) < 4.78 is 5.00. The van der Waals surface area contributed by atoms with Gasteiger partial charge in [0.05, 0.1) is 12.0 Å². The molecule has 2 atom stereocenters. The fraction of sp³-hybridized carbons (Fsp3) is 0.571. The molecular weight excluding hydrogens is 244 g/mol. The van der Waals surface area contributed by atoms with E-state index in [0.29, 0.717) is 11.8 Å². The van der Waals surface area contributed by atoms with Crippen molar-refractivity contribution < 1.29 is 9.66 Å². The van der Waals surface area contributed by atoms with Crippen molar-refractivity contribution in [2.75, 3.05) is 12.4 Å². The van der Waals surface area contributed by atoms with Gasteiger partial charge in [0.15, 0.2) is 5.75 Å².